The molecule has 0 rings (SSSR count). The molecule has 7 heteroatoms. The number of nitrogens with one attached hydrogen (secondary N) is 1. The van der Waals surface area contributed by atoms with Crippen LogP contribution in [0, 0.1) is 50.0 Å². The summed E-state index contributed by atoms with van der Waals surface area (Å²) in [5, 5.41) is 12.2. The van der Waals surface area contributed by atoms with E-state index in [1.807, 2.05) is 0 Å². The molecular formula is C15H32AcN2O4. The zero-order valence-electron chi connectivity index (χ0n) is 14.1. The Hall–Kier alpha value is 0.592. The number of carbonyl (C=O) groups excluding carboxylic acids is 1. The van der Waals surface area contributed by atoms with Gasteiger partial charge in [0.2, 0.25) is 0 Å². The molecule has 6 nitrogen and oxygen atoms in total. The number of hydrogen-bond donors (Lipinski definition) is 3. The van der Waals surface area contributed by atoms with Gasteiger partial charge >= 0.3 is 6.09 Å². The molecule has 1 atom stereocenters. The van der Waals surface area contributed by atoms with Crippen LogP contribution in [-0.2, 0) is 9.47 Å². The molecule has 1 amide bonds. The Morgan fingerprint density at radius 1 is 1.18 bits per heavy atom. The molecule has 1 radical (unpaired) electrons. The zero-order valence-corrected chi connectivity index (χ0v) is 18.8. The molecule has 0 saturated carbocycles. The van der Waals surface area contributed by atoms with Crippen molar-refractivity contribution in [2.24, 2.45) is 11.7 Å². The number of aliphatic hydroxyl groups excluding tert-OH is 1. The number of hydrogen-bond acceptors (Lipinski definition) is 5. The predicted molar refractivity (Wildman–Crippen MR) is 83.2 cm³/mol. The molecule has 0 heterocycles. The van der Waals surface area contributed by atoms with Gasteiger partial charge in [0.05, 0.1) is 6.61 Å². The Kier molecular flexibility index (Phi) is 20.3. The Morgan fingerprint density at radius 2 is 1.86 bits per heavy atom. The van der Waals surface area contributed by atoms with Crippen LogP contribution in [0.4, 0.5) is 4.79 Å². The Labute approximate surface area is 170 Å². The van der Waals surface area contributed by atoms with Gasteiger partial charge < -0.3 is 25.6 Å². The number of aliphatic hydroxyl groups is 1. The summed E-state index contributed by atoms with van der Waals surface area (Å²) in [5.41, 5.74) is 5.39. The maximum atomic E-state index is 11.4. The fourth-order valence-corrected chi connectivity index (χ4v) is 1.62. The molecule has 0 saturated heterocycles. The molecule has 0 bridgehead atoms. The molecule has 4 N–H and O–H groups in total. The van der Waals surface area contributed by atoms with E-state index in [0.29, 0.717) is 25.6 Å². The van der Waals surface area contributed by atoms with Crippen LogP contribution in [0.1, 0.15) is 46.0 Å². The van der Waals surface area contributed by atoms with Crippen molar-refractivity contribution in [2.75, 3.05) is 32.9 Å². The zero-order chi connectivity index (χ0) is 15.9. The van der Waals surface area contributed by atoms with Crippen molar-refractivity contribution in [3.8, 4) is 0 Å². The summed E-state index contributed by atoms with van der Waals surface area (Å²) in [4.78, 5) is 11.4. The molecule has 0 spiro atoms. The molecule has 0 aromatic rings. The summed E-state index contributed by atoms with van der Waals surface area (Å²) in [6.45, 7) is 6.30. The first-order chi connectivity index (χ1) is 10.1. The van der Waals surface area contributed by atoms with Crippen LogP contribution in [0.25, 0.3) is 0 Å². The topological polar surface area (TPSA) is 93.8 Å². The van der Waals surface area contributed by atoms with Crippen LogP contribution >= 0.6 is 0 Å². The van der Waals surface area contributed by atoms with Crippen molar-refractivity contribution in [1.82, 2.24) is 5.32 Å². The van der Waals surface area contributed by atoms with E-state index in [-0.39, 0.29) is 57.3 Å². The Bertz CT molecular complexity index is 256. The van der Waals surface area contributed by atoms with Crippen molar-refractivity contribution < 1.29 is 63.4 Å². The first kappa shape index (κ1) is 24.8. The van der Waals surface area contributed by atoms with E-state index < -0.39 is 12.2 Å². The summed E-state index contributed by atoms with van der Waals surface area (Å²) in [5.74, 6) is 0.578. The SMILES string of the molecule is CC(C)CCOCC(O)COC(=O)NCCCCCCN.[Ac]. The standard InChI is InChI=1S/C15H32N2O4.Ac/c1-13(2)7-10-20-11-14(18)12-21-15(19)17-9-6-4-3-5-8-16;/h13-14,18H,3-12,16H2,1-2H3,(H,17,19);. The molecule has 1 unspecified atom stereocenters. The predicted octanol–water partition coefficient (Wildman–Crippen LogP) is 1.66. The molecule has 22 heavy (non-hydrogen) atoms. The van der Waals surface area contributed by atoms with Gasteiger partial charge in [0.1, 0.15) is 12.7 Å². The van der Waals surface area contributed by atoms with Gasteiger partial charge in [0.15, 0.2) is 0 Å². The van der Waals surface area contributed by atoms with Crippen molar-refractivity contribution in [2.45, 2.75) is 52.1 Å². The Morgan fingerprint density at radius 3 is 2.50 bits per heavy atom. The first-order valence-electron chi connectivity index (χ1n) is 7.92. The molecule has 129 valence electrons. The van der Waals surface area contributed by atoms with E-state index in [1.54, 1.807) is 0 Å². The van der Waals surface area contributed by atoms with Gasteiger partial charge in [-0.15, -0.1) is 0 Å². The van der Waals surface area contributed by atoms with Gasteiger partial charge in [-0.2, -0.15) is 0 Å². The summed E-state index contributed by atoms with van der Waals surface area (Å²) in [7, 11) is 0. The number of carbonyl (C=O) groups is 1. The van der Waals surface area contributed by atoms with Gasteiger partial charge in [-0.1, -0.05) is 26.7 Å². The van der Waals surface area contributed by atoms with E-state index in [2.05, 4.69) is 19.2 Å². The number of rotatable bonds is 13. The monoisotopic (exact) mass is 531 g/mol. The van der Waals surface area contributed by atoms with Crippen LogP contribution in [-0.4, -0.2) is 50.2 Å². The molecule has 0 aliphatic carbocycles. The molecule has 0 aliphatic heterocycles. The van der Waals surface area contributed by atoms with Crippen molar-refractivity contribution >= 4 is 6.09 Å². The smallest absolute Gasteiger partial charge is 0.407 e. The van der Waals surface area contributed by atoms with Gasteiger partial charge in [-0.3, -0.25) is 0 Å². The van der Waals surface area contributed by atoms with E-state index >= 15 is 0 Å². The number of unbranched alkanes of at least 4 members (excludes halogenated alkanes) is 3. The average Bonchev–Trinajstić information content (AvgIpc) is 2.45. The minimum Gasteiger partial charge on any atom is -0.447 e. The summed E-state index contributed by atoms with van der Waals surface area (Å²) in [6, 6.07) is 0. The van der Waals surface area contributed by atoms with Crippen LogP contribution in [0.15, 0.2) is 0 Å². The van der Waals surface area contributed by atoms with Gasteiger partial charge in [-0.05, 0) is 31.7 Å². The second-order valence-electron chi connectivity index (χ2n) is 5.64. The second-order valence-corrected chi connectivity index (χ2v) is 5.64. The van der Waals surface area contributed by atoms with Crippen molar-refractivity contribution in [3.63, 3.8) is 0 Å². The summed E-state index contributed by atoms with van der Waals surface area (Å²) < 4.78 is 10.2. The second kappa shape index (κ2) is 17.9. The molecular weight excluding hydrogens is 499 g/mol. The van der Waals surface area contributed by atoms with Gasteiger partial charge in [0.25, 0.3) is 0 Å². The van der Waals surface area contributed by atoms with E-state index in [4.69, 9.17) is 15.2 Å². The van der Waals surface area contributed by atoms with Crippen molar-refractivity contribution in [1.29, 1.82) is 0 Å². The molecule has 0 fully saturated rings. The minimum atomic E-state index is -0.771. The molecule has 0 aromatic carbocycles. The van der Waals surface area contributed by atoms with Crippen LogP contribution in [0.3, 0.4) is 0 Å². The fourth-order valence-electron chi connectivity index (χ4n) is 1.62. The molecule has 0 aromatic heterocycles. The Balaban J connectivity index is 0. The number of ether oxygens (including phenoxy) is 2. The van der Waals surface area contributed by atoms with Crippen LogP contribution in [0.2, 0.25) is 0 Å². The number of nitrogens with two attached hydrogens (primary N) is 1. The third-order valence-corrected chi connectivity index (χ3v) is 2.96. The minimum absolute atomic E-state index is 0. The maximum absolute atomic E-state index is 11.4. The largest absolute Gasteiger partial charge is 0.447 e. The average molecular weight is 531 g/mol. The maximum Gasteiger partial charge on any atom is 0.407 e. The summed E-state index contributed by atoms with van der Waals surface area (Å²) in [6.07, 6.45) is 3.76. The van der Waals surface area contributed by atoms with Gasteiger partial charge in [0, 0.05) is 57.2 Å². The normalized spacial score (nSPS) is 11.9. The molecule has 0 aliphatic rings. The summed E-state index contributed by atoms with van der Waals surface area (Å²) >= 11 is 0. The van der Waals surface area contributed by atoms with Gasteiger partial charge in [-0.25, -0.2) is 4.79 Å². The van der Waals surface area contributed by atoms with E-state index in [1.165, 1.54) is 0 Å². The van der Waals surface area contributed by atoms with E-state index in [9.17, 15) is 9.90 Å². The number of amides is 1. The fraction of sp³-hybridized carbons (Fsp3) is 0.933. The third-order valence-electron chi connectivity index (χ3n) is 2.96. The van der Waals surface area contributed by atoms with E-state index in [0.717, 1.165) is 32.1 Å². The van der Waals surface area contributed by atoms with Crippen LogP contribution < -0.4 is 11.1 Å². The first-order valence-corrected chi connectivity index (χ1v) is 7.92. The van der Waals surface area contributed by atoms with Crippen molar-refractivity contribution in [3.05, 3.63) is 0 Å². The quantitative estimate of drug-likeness (QED) is 0.315. The number of alkyl carbamates (subject to hydrolysis) is 1. The van der Waals surface area contributed by atoms with Crippen LogP contribution in [0.5, 0.6) is 0 Å². The third kappa shape index (κ3) is 18.6.